The lowest BCUT2D eigenvalue weighted by Crippen LogP contribution is -2.42. The molecule has 0 bridgehead atoms. The van der Waals surface area contributed by atoms with E-state index in [-0.39, 0.29) is 30.7 Å². The van der Waals surface area contributed by atoms with Gasteiger partial charge in [-0.2, -0.15) is 0 Å². The van der Waals surface area contributed by atoms with E-state index in [0.717, 1.165) is 17.7 Å². The third-order valence-electron chi connectivity index (χ3n) is 6.61. The molecule has 2 heterocycles. The van der Waals surface area contributed by atoms with Crippen LogP contribution in [-0.2, 0) is 0 Å². The van der Waals surface area contributed by atoms with Crippen molar-refractivity contribution in [3.05, 3.63) is 47.4 Å². The standard InChI is InChI=1S/C25H31F2N3O3/c1-17-15-30(24(31)29-23-14-28-33-18(23)2)11-8-21(17)12-20-4-3-5-22(13-20)32-16-19-6-9-25(26,27)10-7-19/h3-5,12-14,17,19H,6-11,15-16H2,1-2H3,(H,29,31). The number of piperidine rings is 1. The Balaban J connectivity index is 1.31. The maximum Gasteiger partial charge on any atom is 0.322 e. The van der Waals surface area contributed by atoms with Crippen molar-refractivity contribution in [1.29, 1.82) is 0 Å². The molecule has 178 valence electrons. The molecule has 1 saturated carbocycles. The van der Waals surface area contributed by atoms with E-state index in [4.69, 9.17) is 9.26 Å². The third kappa shape index (κ3) is 6.12. The second-order valence-corrected chi connectivity index (χ2v) is 9.22. The quantitative estimate of drug-likeness (QED) is 0.583. The first-order valence-corrected chi connectivity index (χ1v) is 11.6. The highest BCUT2D eigenvalue weighted by Crippen LogP contribution is 2.36. The normalized spacial score (nSPS) is 22.4. The van der Waals surface area contributed by atoms with E-state index in [1.54, 1.807) is 6.92 Å². The number of halogens is 2. The van der Waals surface area contributed by atoms with E-state index in [1.165, 1.54) is 11.8 Å². The fraction of sp³-hybridized carbons (Fsp3) is 0.520. The van der Waals surface area contributed by atoms with E-state index in [1.807, 2.05) is 29.2 Å². The predicted molar refractivity (Wildman–Crippen MR) is 122 cm³/mol. The van der Waals surface area contributed by atoms with Gasteiger partial charge >= 0.3 is 6.03 Å². The first kappa shape index (κ1) is 23.3. The zero-order valence-electron chi connectivity index (χ0n) is 19.2. The van der Waals surface area contributed by atoms with Crippen molar-refractivity contribution in [2.24, 2.45) is 11.8 Å². The van der Waals surface area contributed by atoms with Crippen LogP contribution in [0, 0.1) is 18.8 Å². The number of anilines is 1. The topological polar surface area (TPSA) is 67.6 Å². The first-order chi connectivity index (χ1) is 15.8. The number of aromatic nitrogens is 1. The summed E-state index contributed by atoms with van der Waals surface area (Å²) in [5, 5.41) is 6.54. The predicted octanol–water partition coefficient (Wildman–Crippen LogP) is 6.14. The molecule has 1 atom stereocenters. The van der Waals surface area contributed by atoms with Crippen LogP contribution in [0.1, 0.15) is 50.4 Å². The van der Waals surface area contributed by atoms with Crippen molar-refractivity contribution in [3.63, 3.8) is 0 Å². The molecule has 6 nitrogen and oxygen atoms in total. The number of urea groups is 1. The van der Waals surface area contributed by atoms with E-state index in [0.29, 0.717) is 44.0 Å². The highest BCUT2D eigenvalue weighted by molar-refractivity contribution is 5.89. The van der Waals surface area contributed by atoms with Crippen LogP contribution in [0.2, 0.25) is 0 Å². The number of ether oxygens (including phenoxy) is 1. The summed E-state index contributed by atoms with van der Waals surface area (Å²) in [5.74, 6) is -0.761. The van der Waals surface area contributed by atoms with Crippen molar-refractivity contribution in [2.75, 3.05) is 25.0 Å². The van der Waals surface area contributed by atoms with Crippen LogP contribution >= 0.6 is 0 Å². The molecule has 1 aromatic carbocycles. The third-order valence-corrected chi connectivity index (χ3v) is 6.61. The van der Waals surface area contributed by atoms with Gasteiger partial charge in [0.15, 0.2) is 5.76 Å². The Morgan fingerprint density at radius 1 is 1.36 bits per heavy atom. The fourth-order valence-electron chi connectivity index (χ4n) is 4.45. The van der Waals surface area contributed by atoms with Gasteiger partial charge in [0.25, 0.3) is 0 Å². The number of nitrogens with zero attached hydrogens (tertiary/aromatic N) is 2. The number of amides is 2. The van der Waals surface area contributed by atoms with Crippen LogP contribution < -0.4 is 10.1 Å². The van der Waals surface area contributed by atoms with Gasteiger partial charge in [-0.3, -0.25) is 0 Å². The Morgan fingerprint density at radius 3 is 2.85 bits per heavy atom. The number of alkyl halides is 2. The van der Waals surface area contributed by atoms with Gasteiger partial charge in [-0.15, -0.1) is 0 Å². The smallest absolute Gasteiger partial charge is 0.322 e. The van der Waals surface area contributed by atoms with Crippen LogP contribution in [0.15, 0.2) is 40.6 Å². The number of aryl methyl sites for hydroxylation is 1. The largest absolute Gasteiger partial charge is 0.493 e. The van der Waals surface area contributed by atoms with Gasteiger partial charge in [-0.1, -0.05) is 35.9 Å². The molecule has 4 rings (SSSR count). The summed E-state index contributed by atoms with van der Waals surface area (Å²) in [6.07, 6.45) is 5.39. The minimum atomic E-state index is -2.51. The number of likely N-dealkylation sites (tertiary alicyclic amines) is 1. The average Bonchev–Trinajstić information content (AvgIpc) is 3.19. The second-order valence-electron chi connectivity index (χ2n) is 9.22. The molecule has 2 fully saturated rings. The monoisotopic (exact) mass is 459 g/mol. The Morgan fingerprint density at radius 2 is 2.15 bits per heavy atom. The fourth-order valence-corrected chi connectivity index (χ4v) is 4.45. The lowest BCUT2D eigenvalue weighted by atomic mass is 9.87. The summed E-state index contributed by atoms with van der Waals surface area (Å²) in [6.45, 7) is 5.62. The minimum absolute atomic E-state index is 0.0430. The van der Waals surface area contributed by atoms with Crippen molar-refractivity contribution >= 4 is 17.8 Å². The summed E-state index contributed by atoms with van der Waals surface area (Å²) in [7, 11) is 0. The second kappa shape index (κ2) is 9.93. The SMILES string of the molecule is Cc1oncc1NC(=O)N1CCC(=Cc2cccc(OCC3CCC(F)(F)CC3)c2)C(C)C1. The molecule has 2 aliphatic rings. The number of hydrogen-bond donors (Lipinski definition) is 1. The van der Waals surface area contributed by atoms with Gasteiger partial charge < -0.3 is 19.5 Å². The lowest BCUT2D eigenvalue weighted by Gasteiger charge is -2.33. The summed E-state index contributed by atoms with van der Waals surface area (Å²) in [4.78, 5) is 14.4. The Kier molecular flexibility index (Phi) is 7.00. The van der Waals surface area contributed by atoms with Crippen molar-refractivity contribution < 1.29 is 22.8 Å². The van der Waals surface area contributed by atoms with Crippen molar-refractivity contribution in [2.45, 2.75) is 51.9 Å². The van der Waals surface area contributed by atoms with E-state index >= 15 is 0 Å². The van der Waals surface area contributed by atoms with Gasteiger partial charge in [-0.25, -0.2) is 13.6 Å². The van der Waals surface area contributed by atoms with Crippen LogP contribution in [-0.4, -0.2) is 41.7 Å². The number of carbonyl (C=O) groups is 1. The molecule has 1 N–H and O–H groups in total. The number of rotatable bonds is 5. The van der Waals surface area contributed by atoms with Crippen LogP contribution in [0.4, 0.5) is 19.3 Å². The molecule has 2 aromatic rings. The number of carbonyl (C=O) groups excluding carboxylic acids is 1. The molecule has 0 spiro atoms. The lowest BCUT2D eigenvalue weighted by molar-refractivity contribution is -0.0498. The zero-order chi connectivity index (χ0) is 23.4. The summed E-state index contributed by atoms with van der Waals surface area (Å²) >= 11 is 0. The molecule has 1 unspecified atom stereocenters. The molecular formula is C25H31F2N3O3. The van der Waals surface area contributed by atoms with E-state index in [2.05, 4.69) is 23.5 Å². The molecule has 2 amide bonds. The zero-order valence-corrected chi connectivity index (χ0v) is 19.2. The van der Waals surface area contributed by atoms with Crippen molar-refractivity contribution in [3.8, 4) is 5.75 Å². The molecule has 1 aliphatic heterocycles. The Hall–Kier alpha value is -2.90. The molecule has 33 heavy (non-hydrogen) atoms. The van der Waals surface area contributed by atoms with Gasteiger partial charge in [0, 0.05) is 25.9 Å². The summed E-state index contributed by atoms with van der Waals surface area (Å²) in [6, 6.07) is 7.73. The average molecular weight is 460 g/mol. The van der Waals surface area contributed by atoms with Gasteiger partial charge in [0.1, 0.15) is 11.4 Å². The van der Waals surface area contributed by atoms with Crippen LogP contribution in [0.5, 0.6) is 5.75 Å². The van der Waals surface area contributed by atoms with Crippen LogP contribution in [0.3, 0.4) is 0 Å². The van der Waals surface area contributed by atoms with Crippen molar-refractivity contribution in [1.82, 2.24) is 10.1 Å². The number of hydrogen-bond acceptors (Lipinski definition) is 4. The molecule has 1 saturated heterocycles. The summed E-state index contributed by atoms with van der Waals surface area (Å²) < 4.78 is 37.6. The molecule has 1 aromatic heterocycles. The molecule has 8 heteroatoms. The summed E-state index contributed by atoms with van der Waals surface area (Å²) in [5.41, 5.74) is 2.92. The van der Waals surface area contributed by atoms with Gasteiger partial charge in [0.05, 0.1) is 12.8 Å². The number of nitrogens with one attached hydrogen (secondary N) is 1. The highest BCUT2D eigenvalue weighted by atomic mass is 19.3. The van der Waals surface area contributed by atoms with Gasteiger partial charge in [0.2, 0.25) is 5.92 Å². The van der Waals surface area contributed by atoms with Crippen LogP contribution in [0.25, 0.3) is 6.08 Å². The minimum Gasteiger partial charge on any atom is -0.493 e. The number of benzene rings is 1. The van der Waals surface area contributed by atoms with E-state index in [9.17, 15) is 13.6 Å². The van der Waals surface area contributed by atoms with Gasteiger partial charge in [-0.05, 0) is 55.7 Å². The Bertz CT molecular complexity index is 994. The van der Waals surface area contributed by atoms with E-state index < -0.39 is 5.92 Å². The molecular weight excluding hydrogens is 428 g/mol. The maximum atomic E-state index is 13.3. The Labute approximate surface area is 193 Å². The molecule has 0 radical (unpaired) electrons. The first-order valence-electron chi connectivity index (χ1n) is 11.6. The highest BCUT2D eigenvalue weighted by Gasteiger charge is 2.35. The molecule has 1 aliphatic carbocycles. The maximum absolute atomic E-state index is 13.3.